The van der Waals surface area contributed by atoms with E-state index in [0.717, 1.165) is 12.8 Å². The fraction of sp³-hybridized carbons (Fsp3) is 0.400. The smallest absolute Gasteiger partial charge is 0.315 e. The lowest BCUT2D eigenvalue weighted by Crippen LogP contribution is -2.18. The molecular weight excluding hydrogens is 212 g/mol. The van der Waals surface area contributed by atoms with Crippen LogP contribution in [0.5, 0.6) is 11.5 Å². The molecule has 0 atom stereocenters. The molecule has 86 valence electrons. The van der Waals surface area contributed by atoms with Gasteiger partial charge in [0.25, 0.3) is 0 Å². The number of phenols is 1. The van der Waals surface area contributed by atoms with Crippen LogP contribution in [-0.2, 0) is 5.54 Å². The molecule has 6 nitrogen and oxygen atoms in total. The van der Waals surface area contributed by atoms with Crippen molar-refractivity contribution in [1.29, 1.82) is 0 Å². The SMILES string of the molecule is COc1cc(C2(N)CC2)cc([N+](=O)[O-])c1O. The third-order valence-corrected chi connectivity index (χ3v) is 2.84. The minimum Gasteiger partial charge on any atom is -0.500 e. The molecule has 0 aliphatic heterocycles. The van der Waals surface area contributed by atoms with Crippen molar-refractivity contribution in [3.05, 3.63) is 27.8 Å². The number of nitro benzene ring substituents is 1. The summed E-state index contributed by atoms with van der Waals surface area (Å²) in [4.78, 5) is 10.1. The summed E-state index contributed by atoms with van der Waals surface area (Å²) in [5.74, 6) is -0.374. The second kappa shape index (κ2) is 3.34. The van der Waals surface area contributed by atoms with E-state index in [-0.39, 0.29) is 11.4 Å². The largest absolute Gasteiger partial charge is 0.500 e. The van der Waals surface area contributed by atoms with Crippen molar-refractivity contribution in [3.63, 3.8) is 0 Å². The number of phenolic OH excluding ortho intramolecular Hbond substituents is 1. The van der Waals surface area contributed by atoms with Crippen molar-refractivity contribution in [2.45, 2.75) is 18.4 Å². The summed E-state index contributed by atoms with van der Waals surface area (Å²) in [6.45, 7) is 0. The van der Waals surface area contributed by atoms with Gasteiger partial charge in [0.1, 0.15) is 0 Å². The van der Waals surface area contributed by atoms with Gasteiger partial charge in [-0.2, -0.15) is 0 Å². The highest BCUT2D eigenvalue weighted by Gasteiger charge is 2.42. The summed E-state index contributed by atoms with van der Waals surface area (Å²) in [5, 5.41) is 20.3. The van der Waals surface area contributed by atoms with Gasteiger partial charge < -0.3 is 15.6 Å². The molecule has 0 heterocycles. The molecule has 0 unspecified atom stereocenters. The van der Waals surface area contributed by atoms with Gasteiger partial charge in [0.15, 0.2) is 5.75 Å². The number of benzene rings is 1. The molecule has 0 radical (unpaired) electrons. The zero-order valence-corrected chi connectivity index (χ0v) is 8.77. The van der Waals surface area contributed by atoms with Crippen LogP contribution in [-0.4, -0.2) is 17.1 Å². The second-order valence-electron chi connectivity index (χ2n) is 3.96. The Balaban J connectivity index is 2.57. The minimum atomic E-state index is -0.646. The van der Waals surface area contributed by atoms with Crippen LogP contribution < -0.4 is 10.5 Å². The van der Waals surface area contributed by atoms with Crippen LogP contribution in [0.1, 0.15) is 18.4 Å². The van der Waals surface area contributed by atoms with Crippen LogP contribution in [0.15, 0.2) is 12.1 Å². The van der Waals surface area contributed by atoms with Crippen LogP contribution in [0.25, 0.3) is 0 Å². The van der Waals surface area contributed by atoms with Gasteiger partial charge in [0.05, 0.1) is 12.0 Å². The fourth-order valence-corrected chi connectivity index (χ4v) is 1.60. The van der Waals surface area contributed by atoms with Crippen LogP contribution in [0.2, 0.25) is 0 Å². The molecule has 2 rings (SSSR count). The Morgan fingerprint density at radius 1 is 1.56 bits per heavy atom. The number of aromatic hydroxyl groups is 1. The number of nitro groups is 1. The maximum Gasteiger partial charge on any atom is 0.315 e. The van der Waals surface area contributed by atoms with Gasteiger partial charge in [-0.05, 0) is 24.5 Å². The molecule has 1 fully saturated rings. The topological polar surface area (TPSA) is 98.6 Å². The summed E-state index contributed by atoms with van der Waals surface area (Å²) >= 11 is 0. The molecule has 0 saturated heterocycles. The molecule has 1 aromatic carbocycles. The third kappa shape index (κ3) is 1.57. The van der Waals surface area contributed by atoms with Gasteiger partial charge in [0.2, 0.25) is 5.75 Å². The van der Waals surface area contributed by atoms with Gasteiger partial charge in [-0.15, -0.1) is 0 Å². The Morgan fingerprint density at radius 2 is 2.19 bits per heavy atom. The summed E-state index contributed by atoms with van der Waals surface area (Å²) in [5.41, 5.74) is 5.72. The van der Waals surface area contributed by atoms with Gasteiger partial charge in [-0.3, -0.25) is 10.1 Å². The predicted molar refractivity (Wildman–Crippen MR) is 56.4 cm³/mol. The average molecular weight is 224 g/mol. The molecule has 1 aromatic rings. The van der Waals surface area contributed by atoms with E-state index in [9.17, 15) is 15.2 Å². The number of methoxy groups -OCH3 is 1. The number of nitrogens with two attached hydrogens (primary N) is 1. The lowest BCUT2D eigenvalue weighted by atomic mass is 10.0. The van der Waals surface area contributed by atoms with Crippen LogP contribution >= 0.6 is 0 Å². The van der Waals surface area contributed by atoms with Gasteiger partial charge in [-0.25, -0.2) is 0 Å². The molecule has 0 bridgehead atoms. The molecule has 0 spiro atoms. The van der Waals surface area contributed by atoms with Gasteiger partial charge >= 0.3 is 5.69 Å². The van der Waals surface area contributed by atoms with Crippen molar-refractivity contribution >= 4 is 5.69 Å². The van der Waals surface area contributed by atoms with Crippen LogP contribution in [0.3, 0.4) is 0 Å². The first-order chi connectivity index (χ1) is 7.48. The van der Waals surface area contributed by atoms with E-state index < -0.39 is 16.2 Å². The summed E-state index contributed by atoms with van der Waals surface area (Å²) < 4.78 is 4.89. The molecular formula is C10H12N2O4. The van der Waals surface area contributed by atoms with E-state index in [2.05, 4.69) is 0 Å². The summed E-state index contributed by atoms with van der Waals surface area (Å²) in [7, 11) is 1.35. The number of hydrogen-bond donors (Lipinski definition) is 2. The number of nitrogens with zero attached hydrogens (tertiary/aromatic N) is 1. The van der Waals surface area contributed by atoms with Crippen molar-refractivity contribution in [2.24, 2.45) is 5.73 Å². The first kappa shape index (κ1) is 10.7. The quantitative estimate of drug-likeness (QED) is 0.594. The van der Waals surface area contributed by atoms with E-state index in [1.54, 1.807) is 6.07 Å². The van der Waals surface area contributed by atoms with Crippen molar-refractivity contribution < 1.29 is 14.8 Å². The molecule has 1 aliphatic carbocycles. The molecule has 1 aliphatic rings. The average Bonchev–Trinajstić information content (AvgIpc) is 2.97. The lowest BCUT2D eigenvalue weighted by molar-refractivity contribution is -0.386. The molecule has 0 amide bonds. The Morgan fingerprint density at radius 3 is 2.62 bits per heavy atom. The highest BCUT2D eigenvalue weighted by atomic mass is 16.6. The van der Waals surface area contributed by atoms with E-state index in [1.807, 2.05) is 0 Å². The monoisotopic (exact) mass is 224 g/mol. The Labute approximate surface area is 91.8 Å². The number of ether oxygens (including phenoxy) is 1. The Bertz CT molecular complexity index is 454. The second-order valence-corrected chi connectivity index (χ2v) is 3.96. The van der Waals surface area contributed by atoms with E-state index >= 15 is 0 Å². The van der Waals surface area contributed by atoms with Crippen LogP contribution in [0.4, 0.5) is 5.69 Å². The van der Waals surface area contributed by atoms with E-state index in [4.69, 9.17) is 10.5 Å². The zero-order valence-electron chi connectivity index (χ0n) is 8.77. The normalized spacial score (nSPS) is 16.9. The fourth-order valence-electron chi connectivity index (χ4n) is 1.60. The maximum absolute atomic E-state index is 10.7. The molecule has 0 aromatic heterocycles. The first-order valence-electron chi connectivity index (χ1n) is 4.83. The molecule has 16 heavy (non-hydrogen) atoms. The van der Waals surface area contributed by atoms with E-state index in [0.29, 0.717) is 5.56 Å². The Kier molecular flexibility index (Phi) is 2.23. The lowest BCUT2D eigenvalue weighted by Gasteiger charge is -2.12. The molecule has 3 N–H and O–H groups in total. The standard InChI is InChI=1S/C10H12N2O4/c1-16-8-5-6(10(11)2-3-10)4-7(9(8)13)12(14)15/h4-5,13H,2-3,11H2,1H3. The summed E-state index contributed by atoms with van der Waals surface area (Å²) in [6.07, 6.45) is 1.58. The van der Waals surface area contributed by atoms with Crippen molar-refractivity contribution in [1.82, 2.24) is 0 Å². The zero-order chi connectivity index (χ0) is 11.9. The summed E-state index contributed by atoms with van der Waals surface area (Å²) in [6, 6.07) is 2.86. The molecule has 1 saturated carbocycles. The van der Waals surface area contributed by atoms with Gasteiger partial charge in [-0.1, -0.05) is 0 Å². The highest BCUT2D eigenvalue weighted by Crippen LogP contribution is 2.47. The number of hydrogen-bond acceptors (Lipinski definition) is 5. The number of rotatable bonds is 3. The molecule has 6 heteroatoms. The Hall–Kier alpha value is -1.82. The van der Waals surface area contributed by atoms with Crippen molar-refractivity contribution in [3.8, 4) is 11.5 Å². The first-order valence-corrected chi connectivity index (χ1v) is 4.83. The maximum atomic E-state index is 10.7. The van der Waals surface area contributed by atoms with Gasteiger partial charge in [0, 0.05) is 11.6 Å². The van der Waals surface area contributed by atoms with E-state index in [1.165, 1.54) is 13.2 Å². The van der Waals surface area contributed by atoms with Crippen LogP contribution in [0, 0.1) is 10.1 Å². The van der Waals surface area contributed by atoms with Crippen molar-refractivity contribution in [2.75, 3.05) is 7.11 Å². The predicted octanol–water partition coefficient (Wildman–Crippen LogP) is 1.26. The highest BCUT2D eigenvalue weighted by molar-refractivity contribution is 5.58. The third-order valence-electron chi connectivity index (χ3n) is 2.84. The minimum absolute atomic E-state index is 0.0842.